The van der Waals surface area contributed by atoms with Crippen molar-refractivity contribution in [1.82, 2.24) is 20.0 Å². The number of hydrogen-bond donors (Lipinski definition) is 1. The number of nitrogens with one attached hydrogen (secondary N) is 1. The number of aromatic amines is 1. The number of benzene rings is 1. The molecular formula is C18H20N4O3. The van der Waals surface area contributed by atoms with Crippen molar-refractivity contribution in [3.8, 4) is 11.3 Å². The zero-order chi connectivity index (χ0) is 17.4. The summed E-state index contributed by atoms with van der Waals surface area (Å²) in [5.74, 6) is -0.0945. The van der Waals surface area contributed by atoms with Gasteiger partial charge in [-0.3, -0.25) is 14.8 Å². The first-order valence-corrected chi connectivity index (χ1v) is 8.53. The first-order valence-electron chi connectivity index (χ1n) is 8.53. The molecule has 1 aromatic carbocycles. The summed E-state index contributed by atoms with van der Waals surface area (Å²) in [7, 11) is 0. The number of ether oxygens (including phenoxy) is 1. The van der Waals surface area contributed by atoms with Crippen molar-refractivity contribution in [1.29, 1.82) is 0 Å². The van der Waals surface area contributed by atoms with Crippen LogP contribution in [0.3, 0.4) is 0 Å². The molecule has 1 aromatic heterocycles. The van der Waals surface area contributed by atoms with Gasteiger partial charge in [-0.25, -0.2) is 4.79 Å². The number of rotatable bonds is 3. The Morgan fingerprint density at radius 3 is 2.88 bits per heavy atom. The smallest absolute Gasteiger partial charge is 0.410 e. The summed E-state index contributed by atoms with van der Waals surface area (Å²) in [6.07, 6.45) is 0.709. The highest BCUT2D eigenvalue weighted by Crippen LogP contribution is 2.22. The molecular weight excluding hydrogens is 320 g/mol. The fraction of sp³-hybridized carbons (Fsp3) is 0.389. The van der Waals surface area contributed by atoms with Gasteiger partial charge in [0.1, 0.15) is 12.3 Å². The van der Waals surface area contributed by atoms with Crippen LogP contribution in [0.5, 0.6) is 0 Å². The van der Waals surface area contributed by atoms with E-state index in [2.05, 4.69) is 29.3 Å². The van der Waals surface area contributed by atoms with E-state index in [0.29, 0.717) is 31.9 Å². The minimum Gasteiger partial charge on any atom is -0.447 e. The van der Waals surface area contributed by atoms with Gasteiger partial charge >= 0.3 is 6.09 Å². The lowest BCUT2D eigenvalue weighted by molar-refractivity contribution is 0.0611. The van der Waals surface area contributed by atoms with E-state index in [-0.39, 0.29) is 18.0 Å². The van der Waals surface area contributed by atoms with Crippen LogP contribution in [-0.4, -0.2) is 64.3 Å². The van der Waals surface area contributed by atoms with Gasteiger partial charge in [-0.1, -0.05) is 31.2 Å². The molecule has 0 spiro atoms. The SMILES string of the molecule is CCc1ccc(-c2cc(C(=O)N3CCN4C(=O)OC[C@@H]4C3)[nH]n2)cc1. The number of nitrogens with zero attached hydrogens (tertiary/aromatic N) is 3. The second kappa shape index (κ2) is 6.23. The van der Waals surface area contributed by atoms with Crippen LogP contribution >= 0.6 is 0 Å². The van der Waals surface area contributed by atoms with Gasteiger partial charge in [0.25, 0.3) is 5.91 Å². The lowest BCUT2D eigenvalue weighted by Crippen LogP contribution is -2.53. The minimum atomic E-state index is -0.281. The van der Waals surface area contributed by atoms with Crippen LogP contribution in [0.15, 0.2) is 30.3 Å². The van der Waals surface area contributed by atoms with Crippen molar-refractivity contribution in [2.75, 3.05) is 26.2 Å². The first-order chi connectivity index (χ1) is 12.2. The van der Waals surface area contributed by atoms with Crippen LogP contribution in [0.25, 0.3) is 11.3 Å². The van der Waals surface area contributed by atoms with Crippen LogP contribution in [0, 0.1) is 0 Å². The molecule has 2 aliphatic heterocycles. The molecule has 2 amide bonds. The van der Waals surface area contributed by atoms with Crippen LogP contribution in [0.1, 0.15) is 23.0 Å². The van der Waals surface area contributed by atoms with Gasteiger partial charge in [0.2, 0.25) is 0 Å². The summed E-state index contributed by atoms with van der Waals surface area (Å²) >= 11 is 0. The van der Waals surface area contributed by atoms with Gasteiger partial charge in [-0.05, 0) is 18.1 Å². The van der Waals surface area contributed by atoms with Gasteiger partial charge in [-0.2, -0.15) is 5.10 Å². The molecule has 7 heteroatoms. The predicted octanol–water partition coefficient (Wildman–Crippen LogP) is 1.92. The summed E-state index contributed by atoms with van der Waals surface area (Å²) in [5.41, 5.74) is 3.46. The maximum Gasteiger partial charge on any atom is 0.410 e. The van der Waals surface area contributed by atoms with Gasteiger partial charge in [-0.15, -0.1) is 0 Å². The quantitative estimate of drug-likeness (QED) is 0.926. The number of aryl methyl sites for hydroxylation is 1. The minimum absolute atomic E-state index is 0.0471. The van der Waals surface area contributed by atoms with E-state index >= 15 is 0 Å². The summed E-state index contributed by atoms with van der Waals surface area (Å²) in [5, 5.41) is 7.12. The number of H-pyrrole nitrogens is 1. The van der Waals surface area contributed by atoms with E-state index in [0.717, 1.165) is 17.7 Å². The highest BCUT2D eigenvalue weighted by molar-refractivity contribution is 5.93. The number of amides is 2. The Morgan fingerprint density at radius 2 is 2.12 bits per heavy atom. The third-order valence-corrected chi connectivity index (χ3v) is 4.87. The van der Waals surface area contributed by atoms with Crippen molar-refractivity contribution in [3.63, 3.8) is 0 Å². The summed E-state index contributed by atoms with van der Waals surface area (Å²) in [6, 6.07) is 9.91. The maximum absolute atomic E-state index is 12.7. The molecule has 2 aliphatic rings. The topological polar surface area (TPSA) is 78.5 Å². The van der Waals surface area contributed by atoms with Gasteiger partial charge in [0, 0.05) is 25.2 Å². The van der Waals surface area contributed by atoms with Gasteiger partial charge in [0.15, 0.2) is 0 Å². The molecule has 2 fully saturated rings. The molecule has 1 N–H and O–H groups in total. The van der Waals surface area contributed by atoms with Gasteiger partial charge in [0.05, 0.1) is 11.7 Å². The number of hydrogen-bond acceptors (Lipinski definition) is 4. The van der Waals surface area contributed by atoms with Crippen molar-refractivity contribution in [3.05, 3.63) is 41.6 Å². The fourth-order valence-corrected chi connectivity index (χ4v) is 3.33. The molecule has 0 bridgehead atoms. The monoisotopic (exact) mass is 340 g/mol. The van der Waals surface area contributed by atoms with Gasteiger partial charge < -0.3 is 9.64 Å². The van der Waals surface area contributed by atoms with Crippen LogP contribution in [0.2, 0.25) is 0 Å². The number of fused-ring (bicyclic) bond motifs is 1. The predicted molar refractivity (Wildman–Crippen MR) is 91.1 cm³/mol. The Kier molecular flexibility index (Phi) is 3.91. The lowest BCUT2D eigenvalue weighted by atomic mass is 10.1. The van der Waals surface area contributed by atoms with E-state index in [9.17, 15) is 9.59 Å². The number of piperazine rings is 1. The number of cyclic esters (lactones) is 1. The molecule has 0 saturated carbocycles. The lowest BCUT2D eigenvalue weighted by Gasteiger charge is -2.35. The molecule has 4 rings (SSSR count). The average molecular weight is 340 g/mol. The molecule has 25 heavy (non-hydrogen) atoms. The van der Waals surface area contributed by atoms with Crippen molar-refractivity contribution in [2.24, 2.45) is 0 Å². The average Bonchev–Trinajstić information content (AvgIpc) is 3.28. The third-order valence-electron chi connectivity index (χ3n) is 4.87. The van der Waals surface area contributed by atoms with E-state index < -0.39 is 0 Å². The molecule has 1 atom stereocenters. The molecule has 2 aromatic rings. The first kappa shape index (κ1) is 15.7. The molecule has 3 heterocycles. The molecule has 0 unspecified atom stereocenters. The number of carbonyl (C=O) groups excluding carboxylic acids is 2. The second-order valence-electron chi connectivity index (χ2n) is 6.39. The highest BCUT2D eigenvalue weighted by Gasteiger charge is 2.39. The van der Waals surface area contributed by atoms with Crippen LogP contribution in [-0.2, 0) is 11.2 Å². The zero-order valence-electron chi connectivity index (χ0n) is 14.1. The molecule has 2 saturated heterocycles. The number of aromatic nitrogens is 2. The molecule has 0 aliphatic carbocycles. The van der Waals surface area contributed by atoms with E-state index in [1.807, 2.05) is 12.1 Å². The standard InChI is InChI=1S/C18H20N4O3/c1-2-12-3-5-13(6-4-12)15-9-16(20-19-15)17(23)21-7-8-22-14(10-21)11-25-18(22)24/h3-6,9,14H,2,7-8,10-11H2,1H3,(H,19,20)/t14-/m0/s1. The van der Waals surface area contributed by atoms with Crippen LogP contribution < -0.4 is 0 Å². The molecule has 130 valence electrons. The van der Waals surface area contributed by atoms with Crippen molar-refractivity contribution < 1.29 is 14.3 Å². The maximum atomic E-state index is 12.7. The summed E-state index contributed by atoms with van der Waals surface area (Å²) < 4.78 is 5.04. The normalized spacial score (nSPS) is 19.7. The van der Waals surface area contributed by atoms with Crippen LogP contribution in [0.4, 0.5) is 4.79 Å². The Balaban J connectivity index is 1.48. The van der Waals surface area contributed by atoms with E-state index in [1.165, 1.54) is 5.56 Å². The second-order valence-corrected chi connectivity index (χ2v) is 6.39. The number of carbonyl (C=O) groups is 2. The summed E-state index contributed by atoms with van der Waals surface area (Å²) in [6.45, 7) is 3.96. The zero-order valence-corrected chi connectivity index (χ0v) is 14.1. The van der Waals surface area contributed by atoms with Crippen molar-refractivity contribution >= 4 is 12.0 Å². The third kappa shape index (κ3) is 2.86. The Hall–Kier alpha value is -2.83. The Bertz CT molecular complexity index is 799. The van der Waals surface area contributed by atoms with E-state index in [1.54, 1.807) is 15.9 Å². The Morgan fingerprint density at radius 1 is 1.32 bits per heavy atom. The van der Waals surface area contributed by atoms with Crippen molar-refractivity contribution in [2.45, 2.75) is 19.4 Å². The van der Waals surface area contributed by atoms with E-state index in [4.69, 9.17) is 4.74 Å². The highest BCUT2D eigenvalue weighted by atomic mass is 16.6. The summed E-state index contributed by atoms with van der Waals surface area (Å²) in [4.78, 5) is 27.7. The Labute approximate surface area is 145 Å². The fourth-order valence-electron chi connectivity index (χ4n) is 3.33. The largest absolute Gasteiger partial charge is 0.447 e. The molecule has 0 radical (unpaired) electrons. The molecule has 7 nitrogen and oxygen atoms in total.